The van der Waals surface area contributed by atoms with Crippen molar-refractivity contribution >= 4 is 17.5 Å². The quantitative estimate of drug-likeness (QED) is 0.827. The van der Waals surface area contributed by atoms with Crippen molar-refractivity contribution in [3.05, 3.63) is 29.8 Å². The van der Waals surface area contributed by atoms with Crippen LogP contribution in [-0.4, -0.2) is 55.2 Å². The lowest BCUT2D eigenvalue weighted by Crippen LogP contribution is -2.43. The molecule has 0 atom stereocenters. The number of halogens is 1. The number of aromatic nitrogens is 5. The van der Waals surface area contributed by atoms with Crippen LogP contribution in [0.2, 0.25) is 5.02 Å². The van der Waals surface area contributed by atoms with Gasteiger partial charge in [0.05, 0.1) is 11.2 Å². The van der Waals surface area contributed by atoms with Crippen LogP contribution in [0.5, 0.6) is 5.75 Å². The van der Waals surface area contributed by atoms with Gasteiger partial charge in [0.1, 0.15) is 24.7 Å². The molecule has 0 unspecified atom stereocenters. The summed E-state index contributed by atoms with van der Waals surface area (Å²) in [6, 6.07) is 1.74. The summed E-state index contributed by atoms with van der Waals surface area (Å²) < 4.78 is 7.27. The average Bonchev–Trinajstić information content (AvgIpc) is 3.01. The molecule has 22 heavy (non-hydrogen) atoms. The lowest BCUT2D eigenvalue weighted by atomic mass is 10.1. The fourth-order valence-corrected chi connectivity index (χ4v) is 2.53. The molecule has 1 saturated heterocycles. The number of ether oxygens (including phenoxy) is 1. The molecular weight excluding hydrogens is 308 g/mol. The predicted octanol–water partition coefficient (Wildman–Crippen LogP) is 0.792. The Labute approximate surface area is 132 Å². The highest BCUT2D eigenvalue weighted by molar-refractivity contribution is 6.30. The summed E-state index contributed by atoms with van der Waals surface area (Å²) in [5.41, 5.74) is 0. The molecule has 0 spiro atoms. The zero-order valence-corrected chi connectivity index (χ0v) is 12.6. The Morgan fingerprint density at radius 1 is 1.36 bits per heavy atom. The van der Waals surface area contributed by atoms with E-state index in [1.165, 1.54) is 11.0 Å². The Bertz CT molecular complexity index is 627. The van der Waals surface area contributed by atoms with Crippen molar-refractivity contribution in [3.63, 3.8) is 0 Å². The van der Waals surface area contributed by atoms with Crippen molar-refractivity contribution in [2.24, 2.45) is 0 Å². The second-order valence-electron chi connectivity index (χ2n) is 5.04. The molecule has 1 aliphatic heterocycles. The van der Waals surface area contributed by atoms with Gasteiger partial charge in [0, 0.05) is 38.2 Å². The Balaban J connectivity index is 1.49. The van der Waals surface area contributed by atoms with Crippen LogP contribution < -0.4 is 4.74 Å². The molecule has 2 aromatic rings. The third-order valence-electron chi connectivity index (χ3n) is 3.47. The van der Waals surface area contributed by atoms with Crippen molar-refractivity contribution in [1.29, 1.82) is 0 Å². The number of carbonyl (C=O) groups is 1. The number of hydrogen-bond donors (Lipinski definition) is 0. The van der Waals surface area contributed by atoms with Gasteiger partial charge in [-0.05, 0) is 10.4 Å². The van der Waals surface area contributed by atoms with E-state index in [1.54, 1.807) is 23.4 Å². The first-order valence-electron chi connectivity index (χ1n) is 6.96. The molecule has 0 aromatic carbocycles. The maximum atomic E-state index is 12.1. The molecule has 0 radical (unpaired) electrons. The molecule has 9 heteroatoms. The molecule has 116 valence electrons. The average molecular weight is 323 g/mol. The van der Waals surface area contributed by atoms with Crippen LogP contribution in [0.1, 0.15) is 12.8 Å². The van der Waals surface area contributed by atoms with Crippen LogP contribution in [0.4, 0.5) is 0 Å². The van der Waals surface area contributed by atoms with Gasteiger partial charge in [-0.25, -0.2) is 4.68 Å². The Morgan fingerprint density at radius 2 is 2.18 bits per heavy atom. The standard InChI is InChI=1S/C13H15ClN6O2/c14-10-5-12(7-15-6-10)22-11-1-3-19(4-2-11)13(21)8-20-9-16-17-18-20/h5-7,9,11H,1-4,8H2. The molecule has 8 nitrogen and oxygen atoms in total. The first-order chi connectivity index (χ1) is 10.7. The maximum absolute atomic E-state index is 12.1. The molecule has 0 aliphatic carbocycles. The smallest absolute Gasteiger partial charge is 0.244 e. The number of likely N-dealkylation sites (tertiary alicyclic amines) is 1. The number of hydrogen-bond acceptors (Lipinski definition) is 6. The first-order valence-corrected chi connectivity index (χ1v) is 7.34. The molecule has 1 amide bonds. The highest BCUT2D eigenvalue weighted by atomic mass is 35.5. The maximum Gasteiger partial charge on any atom is 0.244 e. The normalized spacial score (nSPS) is 15.8. The van der Waals surface area contributed by atoms with Gasteiger partial charge in [0.2, 0.25) is 5.91 Å². The minimum absolute atomic E-state index is 0.00942. The number of pyridine rings is 1. The van der Waals surface area contributed by atoms with Gasteiger partial charge in [-0.1, -0.05) is 11.6 Å². The number of piperidine rings is 1. The lowest BCUT2D eigenvalue weighted by Gasteiger charge is -2.32. The number of tetrazole rings is 1. The minimum atomic E-state index is 0.00942. The van der Waals surface area contributed by atoms with Crippen LogP contribution in [0.3, 0.4) is 0 Å². The summed E-state index contributed by atoms with van der Waals surface area (Å²) >= 11 is 5.88. The van der Waals surface area contributed by atoms with Gasteiger partial charge in [-0.2, -0.15) is 0 Å². The summed E-state index contributed by atoms with van der Waals surface area (Å²) in [5, 5.41) is 11.3. The molecule has 0 bridgehead atoms. The largest absolute Gasteiger partial charge is 0.489 e. The van der Waals surface area contributed by atoms with Crippen LogP contribution in [0.15, 0.2) is 24.8 Å². The number of rotatable bonds is 4. The summed E-state index contributed by atoms with van der Waals surface area (Å²) in [6.45, 7) is 1.47. The van der Waals surface area contributed by atoms with Gasteiger partial charge in [0.15, 0.2) is 0 Å². The van der Waals surface area contributed by atoms with Gasteiger partial charge in [0.25, 0.3) is 0 Å². The van der Waals surface area contributed by atoms with Crippen LogP contribution >= 0.6 is 11.6 Å². The zero-order chi connectivity index (χ0) is 15.4. The van der Waals surface area contributed by atoms with Crippen LogP contribution in [0, 0.1) is 0 Å². The summed E-state index contributed by atoms with van der Waals surface area (Å²) in [5.74, 6) is 0.668. The van der Waals surface area contributed by atoms with E-state index < -0.39 is 0 Å². The highest BCUT2D eigenvalue weighted by Crippen LogP contribution is 2.21. The van der Waals surface area contributed by atoms with Crippen molar-refractivity contribution in [3.8, 4) is 5.75 Å². The van der Waals surface area contributed by atoms with Gasteiger partial charge >= 0.3 is 0 Å². The van der Waals surface area contributed by atoms with E-state index in [9.17, 15) is 4.79 Å². The zero-order valence-electron chi connectivity index (χ0n) is 11.8. The fraction of sp³-hybridized carbons (Fsp3) is 0.462. The monoisotopic (exact) mass is 322 g/mol. The Hall–Kier alpha value is -2.22. The second kappa shape index (κ2) is 6.69. The number of carbonyl (C=O) groups excluding carboxylic acids is 1. The summed E-state index contributed by atoms with van der Waals surface area (Å²) in [6.07, 6.45) is 6.25. The van der Waals surface area contributed by atoms with E-state index in [-0.39, 0.29) is 18.6 Å². The van der Waals surface area contributed by atoms with E-state index >= 15 is 0 Å². The molecule has 0 saturated carbocycles. The first kappa shape index (κ1) is 14.7. The van der Waals surface area contributed by atoms with Crippen molar-refractivity contribution < 1.29 is 9.53 Å². The highest BCUT2D eigenvalue weighted by Gasteiger charge is 2.24. The fourth-order valence-electron chi connectivity index (χ4n) is 2.36. The van der Waals surface area contributed by atoms with Crippen LogP contribution in [-0.2, 0) is 11.3 Å². The lowest BCUT2D eigenvalue weighted by molar-refractivity contribution is -0.133. The summed E-state index contributed by atoms with van der Waals surface area (Å²) in [7, 11) is 0. The van der Waals surface area contributed by atoms with E-state index in [0.717, 1.165) is 12.8 Å². The molecular formula is C13H15ClN6O2. The third-order valence-corrected chi connectivity index (χ3v) is 3.67. The number of amides is 1. The van der Waals surface area contributed by atoms with E-state index in [4.69, 9.17) is 16.3 Å². The predicted molar refractivity (Wildman–Crippen MR) is 77.3 cm³/mol. The van der Waals surface area contributed by atoms with Crippen molar-refractivity contribution in [2.75, 3.05) is 13.1 Å². The molecule has 3 rings (SSSR count). The molecule has 2 aromatic heterocycles. The van der Waals surface area contributed by atoms with Crippen molar-refractivity contribution in [2.45, 2.75) is 25.5 Å². The molecule has 1 aliphatic rings. The third kappa shape index (κ3) is 3.70. The molecule has 0 N–H and O–H groups in total. The van der Waals surface area contributed by atoms with Crippen LogP contribution in [0.25, 0.3) is 0 Å². The topological polar surface area (TPSA) is 86.0 Å². The van der Waals surface area contributed by atoms with E-state index in [1.807, 2.05) is 0 Å². The molecule has 3 heterocycles. The minimum Gasteiger partial charge on any atom is -0.489 e. The van der Waals surface area contributed by atoms with Crippen molar-refractivity contribution in [1.82, 2.24) is 30.1 Å². The Kier molecular flexibility index (Phi) is 4.47. The van der Waals surface area contributed by atoms with E-state index in [0.29, 0.717) is 23.9 Å². The number of nitrogens with zero attached hydrogens (tertiary/aromatic N) is 6. The van der Waals surface area contributed by atoms with Gasteiger partial charge in [-0.3, -0.25) is 9.78 Å². The molecule has 1 fully saturated rings. The Morgan fingerprint density at radius 3 is 2.86 bits per heavy atom. The second-order valence-corrected chi connectivity index (χ2v) is 5.48. The van der Waals surface area contributed by atoms with Gasteiger partial charge in [-0.15, -0.1) is 5.10 Å². The van der Waals surface area contributed by atoms with E-state index in [2.05, 4.69) is 20.5 Å². The SMILES string of the molecule is O=C(Cn1cnnn1)N1CCC(Oc2cncc(Cl)c2)CC1. The summed E-state index contributed by atoms with van der Waals surface area (Å²) in [4.78, 5) is 17.9. The van der Waals surface area contributed by atoms with Gasteiger partial charge < -0.3 is 9.64 Å².